The number of rotatable bonds is 32. The summed E-state index contributed by atoms with van der Waals surface area (Å²) < 4.78 is 11.8. The molecule has 0 saturated carbocycles. The predicted octanol–water partition coefficient (Wildman–Crippen LogP) is 10.8. The molecular formula is C37H73NO4. The van der Waals surface area contributed by atoms with Gasteiger partial charge >= 0.3 is 11.9 Å². The first kappa shape index (κ1) is 40.9. The molecule has 0 amide bonds. The number of ether oxygens (including phenoxy) is 2. The first-order valence-electron chi connectivity index (χ1n) is 18.4. The zero-order chi connectivity index (χ0) is 31.1. The molecule has 42 heavy (non-hydrogen) atoms. The summed E-state index contributed by atoms with van der Waals surface area (Å²) in [7, 11) is 4.16. The van der Waals surface area contributed by atoms with Gasteiger partial charge in [-0.1, -0.05) is 143 Å². The van der Waals surface area contributed by atoms with Gasteiger partial charge in [-0.05, 0) is 59.2 Å². The van der Waals surface area contributed by atoms with Crippen LogP contribution in [0.25, 0.3) is 0 Å². The van der Waals surface area contributed by atoms with Crippen molar-refractivity contribution in [2.24, 2.45) is 5.92 Å². The molecule has 0 saturated heterocycles. The van der Waals surface area contributed by atoms with Crippen LogP contribution in [-0.4, -0.2) is 50.2 Å². The Morgan fingerprint density at radius 3 is 1.48 bits per heavy atom. The van der Waals surface area contributed by atoms with Crippen molar-refractivity contribution in [3.63, 3.8) is 0 Å². The van der Waals surface area contributed by atoms with Crippen LogP contribution < -0.4 is 0 Å². The number of nitrogens with zero attached hydrogens (tertiary/aromatic N) is 1. The topological polar surface area (TPSA) is 55.8 Å². The number of hydrogen-bond acceptors (Lipinski definition) is 5. The van der Waals surface area contributed by atoms with E-state index in [1.165, 1.54) is 96.3 Å². The van der Waals surface area contributed by atoms with Gasteiger partial charge in [-0.3, -0.25) is 9.59 Å². The van der Waals surface area contributed by atoms with Crippen LogP contribution in [0.3, 0.4) is 0 Å². The van der Waals surface area contributed by atoms with Crippen molar-refractivity contribution < 1.29 is 19.1 Å². The summed E-state index contributed by atoms with van der Waals surface area (Å²) in [5.41, 5.74) is 0. The maximum absolute atomic E-state index is 13.2. The van der Waals surface area contributed by atoms with Gasteiger partial charge in [0.1, 0.15) is 12.7 Å². The quantitative estimate of drug-likeness (QED) is 0.0572. The molecule has 0 aliphatic carbocycles. The average molecular weight is 596 g/mol. The van der Waals surface area contributed by atoms with Gasteiger partial charge in [0.2, 0.25) is 0 Å². The van der Waals surface area contributed by atoms with Crippen molar-refractivity contribution in [3.8, 4) is 0 Å². The van der Waals surface area contributed by atoms with Crippen LogP contribution in [0.4, 0.5) is 0 Å². The molecule has 0 aromatic carbocycles. The Morgan fingerprint density at radius 2 is 0.976 bits per heavy atom. The number of unbranched alkanes of at least 4 members (excludes halogenated alkanes) is 18. The average Bonchev–Trinajstić information content (AvgIpc) is 2.97. The normalized spacial score (nSPS) is 12.9. The molecule has 0 aromatic heterocycles. The summed E-state index contributed by atoms with van der Waals surface area (Å²) >= 11 is 0. The highest BCUT2D eigenvalue weighted by atomic mass is 16.6. The molecule has 0 spiro atoms. The van der Waals surface area contributed by atoms with Crippen LogP contribution in [0.1, 0.15) is 188 Å². The number of esters is 2. The Balaban J connectivity index is 4.78. The number of hydrogen-bond donors (Lipinski definition) is 0. The molecule has 0 heterocycles. The van der Waals surface area contributed by atoms with Crippen molar-refractivity contribution in [1.82, 2.24) is 4.90 Å². The predicted molar refractivity (Wildman–Crippen MR) is 180 cm³/mol. The zero-order valence-corrected chi connectivity index (χ0v) is 29.0. The minimum atomic E-state index is -0.317. The van der Waals surface area contributed by atoms with Crippen molar-refractivity contribution in [2.75, 3.05) is 27.2 Å². The third-order valence-corrected chi connectivity index (χ3v) is 8.47. The molecule has 0 aliphatic heterocycles. The molecule has 0 bridgehead atoms. The van der Waals surface area contributed by atoms with Gasteiger partial charge < -0.3 is 14.4 Å². The molecule has 0 rings (SSSR count). The molecule has 0 aliphatic rings. The van der Waals surface area contributed by atoms with Gasteiger partial charge in [-0.2, -0.15) is 0 Å². The summed E-state index contributed by atoms with van der Waals surface area (Å²) in [5.74, 6) is -0.231. The Bertz CT molecular complexity index is 594. The van der Waals surface area contributed by atoms with Gasteiger partial charge in [0.05, 0.1) is 5.92 Å². The van der Waals surface area contributed by atoms with E-state index in [0.29, 0.717) is 6.42 Å². The molecule has 0 N–H and O–H groups in total. The van der Waals surface area contributed by atoms with E-state index in [2.05, 4.69) is 39.8 Å². The second kappa shape index (κ2) is 31.3. The van der Waals surface area contributed by atoms with Crippen LogP contribution in [0, 0.1) is 5.92 Å². The highest BCUT2D eigenvalue weighted by Crippen LogP contribution is 2.21. The van der Waals surface area contributed by atoms with Gasteiger partial charge in [0, 0.05) is 6.42 Å². The lowest BCUT2D eigenvalue weighted by molar-refractivity contribution is -0.162. The maximum atomic E-state index is 13.2. The van der Waals surface area contributed by atoms with Gasteiger partial charge in [0.15, 0.2) is 0 Å². The van der Waals surface area contributed by atoms with E-state index >= 15 is 0 Å². The molecular weight excluding hydrogens is 522 g/mol. The third kappa shape index (κ3) is 27.7. The minimum absolute atomic E-state index is 0.0196. The largest absolute Gasteiger partial charge is 0.462 e. The van der Waals surface area contributed by atoms with E-state index in [4.69, 9.17) is 9.47 Å². The van der Waals surface area contributed by atoms with Gasteiger partial charge in [0.25, 0.3) is 0 Å². The van der Waals surface area contributed by atoms with Crippen molar-refractivity contribution in [3.05, 3.63) is 0 Å². The molecule has 0 aromatic rings. The summed E-state index contributed by atoms with van der Waals surface area (Å²) in [6.45, 7) is 7.99. The van der Waals surface area contributed by atoms with Crippen molar-refractivity contribution in [2.45, 2.75) is 194 Å². The minimum Gasteiger partial charge on any atom is -0.462 e. The Labute approximate surface area is 262 Å². The molecule has 5 heteroatoms. The standard InChI is InChI=1S/C37H73NO4/c1-6-9-12-15-17-18-19-21-25-30-35(42-36(39)31-26-22-27-32-38(4)5)33-41-37(40)34(28-23-14-11-8-3)29-24-20-16-13-10-7-2/h34-35H,6-33H2,1-5H3. The lowest BCUT2D eigenvalue weighted by atomic mass is 9.94. The fraction of sp³-hybridized carbons (Fsp3) is 0.946. The maximum Gasteiger partial charge on any atom is 0.309 e. The summed E-state index contributed by atoms with van der Waals surface area (Å²) in [6, 6.07) is 0. The highest BCUT2D eigenvalue weighted by molar-refractivity contribution is 5.72. The first-order valence-corrected chi connectivity index (χ1v) is 18.4. The lowest BCUT2D eigenvalue weighted by Crippen LogP contribution is -2.28. The van der Waals surface area contributed by atoms with E-state index in [9.17, 15) is 9.59 Å². The molecule has 5 nitrogen and oxygen atoms in total. The molecule has 0 fully saturated rings. The fourth-order valence-electron chi connectivity index (χ4n) is 5.64. The fourth-order valence-corrected chi connectivity index (χ4v) is 5.64. The van der Waals surface area contributed by atoms with Crippen LogP contribution in [0.5, 0.6) is 0 Å². The Hall–Kier alpha value is -1.10. The smallest absolute Gasteiger partial charge is 0.309 e. The second-order valence-electron chi connectivity index (χ2n) is 13.1. The van der Waals surface area contributed by atoms with Crippen LogP contribution in [0.15, 0.2) is 0 Å². The van der Waals surface area contributed by atoms with E-state index in [1.807, 2.05) is 0 Å². The van der Waals surface area contributed by atoms with Crippen molar-refractivity contribution >= 4 is 11.9 Å². The number of carbonyl (C=O) groups excluding carboxylic acids is 2. The van der Waals surface area contributed by atoms with E-state index in [-0.39, 0.29) is 30.6 Å². The third-order valence-electron chi connectivity index (χ3n) is 8.47. The lowest BCUT2D eigenvalue weighted by Gasteiger charge is -2.21. The van der Waals surface area contributed by atoms with Crippen molar-refractivity contribution in [1.29, 1.82) is 0 Å². The summed E-state index contributed by atoms with van der Waals surface area (Å²) in [5, 5.41) is 0. The number of carbonyl (C=O) groups is 2. The first-order chi connectivity index (χ1) is 20.4. The molecule has 2 unspecified atom stereocenters. The zero-order valence-electron chi connectivity index (χ0n) is 29.0. The van der Waals surface area contributed by atoms with Crippen LogP contribution >= 0.6 is 0 Å². The van der Waals surface area contributed by atoms with E-state index in [0.717, 1.165) is 70.8 Å². The summed E-state index contributed by atoms with van der Waals surface area (Å²) in [6.07, 6.45) is 29.2. The monoisotopic (exact) mass is 596 g/mol. The summed E-state index contributed by atoms with van der Waals surface area (Å²) in [4.78, 5) is 28.1. The highest BCUT2D eigenvalue weighted by Gasteiger charge is 2.22. The van der Waals surface area contributed by atoms with Gasteiger partial charge in [-0.15, -0.1) is 0 Å². The Morgan fingerprint density at radius 1 is 0.548 bits per heavy atom. The van der Waals surface area contributed by atoms with Crippen LogP contribution in [0.2, 0.25) is 0 Å². The van der Waals surface area contributed by atoms with Crippen LogP contribution in [-0.2, 0) is 19.1 Å². The molecule has 250 valence electrons. The van der Waals surface area contributed by atoms with E-state index in [1.54, 1.807) is 0 Å². The van der Waals surface area contributed by atoms with Gasteiger partial charge in [-0.25, -0.2) is 0 Å². The Kier molecular flexibility index (Phi) is 30.5. The second-order valence-corrected chi connectivity index (χ2v) is 13.1. The molecule has 2 atom stereocenters. The molecule has 0 radical (unpaired) electrons. The van der Waals surface area contributed by atoms with E-state index < -0.39 is 0 Å². The SMILES string of the molecule is CCCCCCCCCCCC(COC(=O)C(CCCCCC)CCCCCCCC)OC(=O)CCCCCN(C)C.